The Hall–Kier alpha value is -2.36. The van der Waals surface area contributed by atoms with Gasteiger partial charge < -0.3 is 10.2 Å². The molecule has 4 rings (SSSR count). The molecule has 0 bridgehead atoms. The van der Waals surface area contributed by atoms with Crippen LogP contribution in [0.15, 0.2) is 42.2 Å². The largest absolute Gasteiger partial charge is 0.340 e. The van der Waals surface area contributed by atoms with Gasteiger partial charge in [0.2, 0.25) is 0 Å². The van der Waals surface area contributed by atoms with Crippen molar-refractivity contribution in [2.75, 3.05) is 32.7 Å². The molecule has 1 aromatic rings. The van der Waals surface area contributed by atoms with Gasteiger partial charge in [-0.05, 0) is 31.1 Å². The highest BCUT2D eigenvalue weighted by molar-refractivity contribution is 5.85. The highest BCUT2D eigenvalue weighted by Crippen LogP contribution is 2.30. The average Bonchev–Trinajstić information content (AvgIpc) is 2.81. The minimum Gasteiger partial charge on any atom is -0.340 e. The average molecular weight is 451 g/mol. The van der Waals surface area contributed by atoms with Gasteiger partial charge in [-0.3, -0.25) is 9.69 Å². The molecule has 2 saturated heterocycles. The second-order valence-electron chi connectivity index (χ2n) is 8.80. The Morgan fingerprint density at radius 1 is 1.16 bits per heavy atom. The summed E-state index contributed by atoms with van der Waals surface area (Å²) in [6.45, 7) is 2.84. The van der Waals surface area contributed by atoms with Gasteiger partial charge in [0.25, 0.3) is 5.91 Å². The van der Waals surface area contributed by atoms with E-state index in [9.17, 15) is 13.6 Å². The normalized spacial score (nSPS) is 21.8. The summed E-state index contributed by atoms with van der Waals surface area (Å²) >= 11 is 0. The molecule has 0 radical (unpaired) electrons. The number of nitrogens with one attached hydrogen (secondary N) is 2. The molecule has 0 spiro atoms. The van der Waals surface area contributed by atoms with Crippen LogP contribution in [0.1, 0.15) is 31.2 Å². The Bertz CT molecular complexity index is 854. The molecule has 0 atom stereocenters. The zero-order chi connectivity index (χ0) is 22.6. The van der Waals surface area contributed by atoms with Gasteiger partial charge in [0, 0.05) is 75.5 Å². The molecule has 3 aliphatic rings. The molecule has 9 heteroatoms. The maximum absolute atomic E-state index is 15.5. The monoisotopic (exact) mass is 450 g/mol. The standard InChI is InChI=1S/C23H30F3N5O/c24-20-2-1-3-21(25)19(20)15-27-18-5-10-31(11-6-18)22(32)23(26)7-12-30(13-8-23)16-17-4-9-28-29-14-17/h1-4,9,14,18,27-29H,5-8,10-13,15-16H2/p+1. The molecule has 174 valence electrons. The number of hydrogen-bond donors (Lipinski definition) is 3. The summed E-state index contributed by atoms with van der Waals surface area (Å²) in [6, 6.07) is 3.87. The number of carbonyl (C=O) groups excluding carboxylic acids is 1. The molecule has 0 aromatic heterocycles. The topological polar surface area (TPSA) is 64.2 Å². The predicted octanol–water partition coefficient (Wildman–Crippen LogP) is 1.33. The van der Waals surface area contributed by atoms with Gasteiger partial charge in [-0.1, -0.05) is 6.07 Å². The lowest BCUT2D eigenvalue weighted by molar-refractivity contribution is -0.640. The minimum atomic E-state index is -1.81. The summed E-state index contributed by atoms with van der Waals surface area (Å²) in [5, 5.41) is 3.18. The van der Waals surface area contributed by atoms with E-state index in [4.69, 9.17) is 0 Å². The Kier molecular flexibility index (Phi) is 7.17. The van der Waals surface area contributed by atoms with Crippen LogP contribution in [-0.2, 0) is 11.3 Å². The fourth-order valence-electron chi connectivity index (χ4n) is 4.58. The van der Waals surface area contributed by atoms with Crippen LogP contribution in [0, 0.1) is 11.6 Å². The third-order valence-electron chi connectivity index (χ3n) is 6.64. The van der Waals surface area contributed by atoms with E-state index in [1.54, 1.807) is 4.90 Å². The third-order valence-corrected chi connectivity index (χ3v) is 6.64. The molecule has 1 amide bonds. The van der Waals surface area contributed by atoms with E-state index in [0.717, 1.165) is 12.1 Å². The zero-order valence-corrected chi connectivity index (χ0v) is 18.1. The molecule has 6 nitrogen and oxygen atoms in total. The molecular weight excluding hydrogens is 419 g/mol. The van der Waals surface area contributed by atoms with Crippen molar-refractivity contribution in [3.63, 3.8) is 0 Å². The van der Waals surface area contributed by atoms with Gasteiger partial charge in [-0.2, -0.15) is 0 Å². The van der Waals surface area contributed by atoms with Gasteiger partial charge >= 0.3 is 0 Å². The number of nitrogens with two attached hydrogens (primary N) is 1. The fourth-order valence-corrected chi connectivity index (χ4v) is 4.58. The number of benzene rings is 1. The number of amides is 1. The molecule has 2 fully saturated rings. The molecule has 0 aliphatic carbocycles. The first-order chi connectivity index (χ1) is 15.4. The highest BCUT2D eigenvalue weighted by Gasteiger charge is 2.44. The van der Waals surface area contributed by atoms with Crippen molar-refractivity contribution < 1.29 is 23.4 Å². The number of alkyl halides is 1. The van der Waals surface area contributed by atoms with Crippen LogP contribution in [0.5, 0.6) is 0 Å². The van der Waals surface area contributed by atoms with Crippen LogP contribution in [0.2, 0.25) is 0 Å². The SMILES string of the molecule is O=C(N1CCC(NCc2c(F)cccc2F)CC1)C1(F)CCN(CC2=C[NH2+]NC=C2)CC1. The lowest BCUT2D eigenvalue weighted by Gasteiger charge is -2.40. The van der Waals surface area contributed by atoms with Crippen molar-refractivity contribution >= 4 is 5.91 Å². The van der Waals surface area contributed by atoms with E-state index in [1.807, 2.05) is 23.9 Å². The fraction of sp³-hybridized carbons (Fsp3) is 0.522. The predicted molar refractivity (Wildman–Crippen MR) is 115 cm³/mol. The van der Waals surface area contributed by atoms with E-state index in [-0.39, 0.29) is 31.0 Å². The summed E-state index contributed by atoms with van der Waals surface area (Å²) in [4.78, 5) is 16.7. The van der Waals surface area contributed by atoms with Crippen molar-refractivity contribution in [3.8, 4) is 0 Å². The number of nitrogens with zero attached hydrogens (tertiary/aromatic N) is 2. The first kappa shape index (κ1) is 22.8. The van der Waals surface area contributed by atoms with Crippen LogP contribution < -0.4 is 16.2 Å². The molecule has 4 N–H and O–H groups in total. The molecule has 0 saturated carbocycles. The first-order valence-corrected chi connectivity index (χ1v) is 11.3. The summed E-state index contributed by atoms with van der Waals surface area (Å²) < 4.78 is 43.1. The Morgan fingerprint density at radius 3 is 2.47 bits per heavy atom. The maximum Gasteiger partial charge on any atom is 0.260 e. The van der Waals surface area contributed by atoms with E-state index in [2.05, 4.69) is 15.6 Å². The Balaban J connectivity index is 1.22. The van der Waals surface area contributed by atoms with Gasteiger partial charge in [-0.25, -0.2) is 24.0 Å². The molecule has 1 aromatic carbocycles. The van der Waals surface area contributed by atoms with Crippen LogP contribution in [0.25, 0.3) is 0 Å². The zero-order valence-electron chi connectivity index (χ0n) is 18.1. The van der Waals surface area contributed by atoms with Gasteiger partial charge in [0.1, 0.15) is 17.8 Å². The van der Waals surface area contributed by atoms with Crippen molar-refractivity contribution in [1.82, 2.24) is 20.5 Å². The Morgan fingerprint density at radius 2 is 1.84 bits per heavy atom. The van der Waals surface area contributed by atoms with Gasteiger partial charge in [0.05, 0.1) is 0 Å². The van der Waals surface area contributed by atoms with Crippen molar-refractivity contribution in [2.45, 2.75) is 43.9 Å². The summed E-state index contributed by atoms with van der Waals surface area (Å²) in [5.74, 6) is -1.55. The van der Waals surface area contributed by atoms with Crippen LogP contribution in [0.3, 0.4) is 0 Å². The van der Waals surface area contributed by atoms with Crippen LogP contribution in [-0.4, -0.2) is 60.1 Å². The van der Waals surface area contributed by atoms with Crippen molar-refractivity contribution in [2.24, 2.45) is 0 Å². The van der Waals surface area contributed by atoms with Crippen LogP contribution >= 0.6 is 0 Å². The summed E-state index contributed by atoms with van der Waals surface area (Å²) in [7, 11) is 0. The molecular formula is C23H31F3N5O+. The summed E-state index contributed by atoms with van der Waals surface area (Å²) in [6.07, 6.45) is 7.55. The molecule has 3 heterocycles. The number of likely N-dealkylation sites (tertiary alicyclic amines) is 2. The smallest absolute Gasteiger partial charge is 0.260 e. The molecule has 3 aliphatic heterocycles. The van der Waals surface area contributed by atoms with Gasteiger partial charge in [-0.15, -0.1) is 0 Å². The second-order valence-corrected chi connectivity index (χ2v) is 8.80. The molecule has 0 unspecified atom stereocenters. The second kappa shape index (κ2) is 10.1. The van der Waals surface area contributed by atoms with Crippen molar-refractivity contribution in [1.29, 1.82) is 0 Å². The number of hydrogen-bond acceptors (Lipinski definition) is 4. The number of quaternary nitrogens is 1. The first-order valence-electron chi connectivity index (χ1n) is 11.3. The molecule has 32 heavy (non-hydrogen) atoms. The van der Waals surface area contributed by atoms with E-state index >= 15 is 4.39 Å². The van der Waals surface area contributed by atoms with Crippen LogP contribution in [0.4, 0.5) is 13.2 Å². The number of rotatable bonds is 6. The number of halogens is 3. The lowest BCUT2D eigenvalue weighted by Crippen LogP contribution is -2.87. The number of carbonyl (C=O) groups is 1. The van der Waals surface area contributed by atoms with Crippen molar-refractivity contribution in [3.05, 3.63) is 59.4 Å². The maximum atomic E-state index is 15.5. The van der Waals surface area contributed by atoms with E-state index < -0.39 is 23.2 Å². The minimum absolute atomic E-state index is 0.0223. The van der Waals surface area contributed by atoms with E-state index in [0.29, 0.717) is 39.0 Å². The van der Waals surface area contributed by atoms with Gasteiger partial charge in [0.15, 0.2) is 5.67 Å². The highest BCUT2D eigenvalue weighted by atomic mass is 19.1. The quantitative estimate of drug-likeness (QED) is 0.573. The Labute approximate surface area is 186 Å². The number of piperidine rings is 2. The summed E-state index contributed by atoms with van der Waals surface area (Å²) in [5.41, 5.74) is 4.23. The van der Waals surface area contributed by atoms with E-state index in [1.165, 1.54) is 18.2 Å². The third kappa shape index (κ3) is 5.33. The lowest BCUT2D eigenvalue weighted by atomic mass is 9.90.